The van der Waals surface area contributed by atoms with E-state index in [9.17, 15) is 0 Å². The van der Waals surface area contributed by atoms with Crippen molar-refractivity contribution in [2.75, 3.05) is 0 Å². The van der Waals surface area contributed by atoms with Crippen LogP contribution in [0.15, 0.2) is 47.4 Å². The van der Waals surface area contributed by atoms with E-state index in [1.165, 1.54) is 104 Å². The monoisotopic (exact) mass is 438 g/mol. The second-order valence-electron chi connectivity index (χ2n) is 6.77. The summed E-state index contributed by atoms with van der Waals surface area (Å²) < 4.78 is 2.56. The summed E-state index contributed by atoms with van der Waals surface area (Å²) in [6.07, 6.45) is 15.0. The fourth-order valence-electron chi connectivity index (χ4n) is 3.49. The molecule has 2 aliphatic carbocycles. The molecule has 2 saturated carbocycles. The summed E-state index contributed by atoms with van der Waals surface area (Å²) in [7, 11) is 4.64. The molecule has 2 aromatic carbocycles. The first-order chi connectivity index (χ1) is 12.9. The van der Waals surface area contributed by atoms with Gasteiger partial charge < -0.3 is 12.6 Å². The fourth-order valence-corrected chi connectivity index (χ4v) is 4.91. The minimum absolute atomic E-state index is 0.962. The van der Waals surface area contributed by atoms with Crippen LogP contribution in [-0.4, -0.2) is 0 Å². The van der Waals surface area contributed by atoms with Gasteiger partial charge in [-0.1, -0.05) is 101 Å². The molecular formula is C22H27ClS2Ti+2. The van der Waals surface area contributed by atoms with E-state index in [4.69, 9.17) is 12.6 Å². The molecule has 0 spiro atoms. The summed E-state index contributed by atoms with van der Waals surface area (Å²) in [6.45, 7) is 0. The van der Waals surface area contributed by atoms with Crippen molar-refractivity contribution in [3.05, 3.63) is 42.5 Å². The number of thiophene rings is 1. The van der Waals surface area contributed by atoms with Crippen molar-refractivity contribution in [2.24, 2.45) is 0 Å². The van der Waals surface area contributed by atoms with Crippen molar-refractivity contribution in [3.8, 4) is 0 Å². The normalized spacial score (nSPS) is 15.5. The van der Waals surface area contributed by atoms with E-state index in [-0.39, 0.29) is 0 Å². The molecule has 1 aromatic heterocycles. The van der Waals surface area contributed by atoms with E-state index in [0.717, 1.165) is 4.90 Å². The summed E-state index contributed by atoms with van der Waals surface area (Å²) in [5.74, 6) is 0. The molecule has 0 nitrogen and oxygen atoms in total. The topological polar surface area (TPSA) is 0 Å². The molecule has 136 valence electrons. The maximum atomic E-state index is 5.31. The third-order valence-electron chi connectivity index (χ3n) is 4.87. The minimum atomic E-state index is 0.962. The number of hydrogen-bond acceptors (Lipinski definition) is 2. The minimum Gasteiger partial charge on any atom is -0.778 e. The summed E-state index contributed by atoms with van der Waals surface area (Å²) in [5.41, 5.74) is 0. The molecule has 26 heavy (non-hydrogen) atoms. The van der Waals surface area contributed by atoms with Crippen LogP contribution < -0.4 is 0 Å². The first-order valence-electron chi connectivity index (χ1n) is 9.62. The Hall–Kier alpha value is -0.116. The van der Waals surface area contributed by atoms with Crippen LogP contribution in [0, 0.1) is 0 Å². The second-order valence-corrected chi connectivity index (χ2v) is 8.26. The largest absolute Gasteiger partial charge is 0.778 e. The van der Waals surface area contributed by atoms with Crippen molar-refractivity contribution in [1.82, 2.24) is 0 Å². The predicted octanol–water partition coefficient (Wildman–Crippen LogP) is 8.55. The number of fused-ring (bicyclic) bond motifs is 3. The third-order valence-corrected chi connectivity index (χ3v) is 6.56. The average Bonchev–Trinajstić information content (AvgIpc) is 3.47. The Kier molecular flexibility index (Phi) is 11.2. The van der Waals surface area contributed by atoms with Crippen LogP contribution in [-0.2, 0) is 32.0 Å². The van der Waals surface area contributed by atoms with E-state index >= 15 is 0 Å². The van der Waals surface area contributed by atoms with Gasteiger partial charge in [-0.05, 0) is 11.5 Å². The van der Waals surface area contributed by atoms with Crippen LogP contribution in [0.25, 0.3) is 20.2 Å². The molecule has 3 aromatic rings. The Morgan fingerprint density at radius 1 is 0.654 bits per heavy atom. The average molecular weight is 439 g/mol. The first kappa shape index (κ1) is 22.2. The Morgan fingerprint density at radius 2 is 1.12 bits per heavy atom. The fraction of sp³-hybridized carbons (Fsp3) is 0.455. The molecule has 0 bridgehead atoms. The summed E-state index contributed by atoms with van der Waals surface area (Å²) >= 11 is 8.56. The Balaban J connectivity index is 0.000000167. The zero-order valence-corrected chi connectivity index (χ0v) is 19.3. The van der Waals surface area contributed by atoms with E-state index in [2.05, 4.69) is 39.6 Å². The number of benzene rings is 2. The van der Waals surface area contributed by atoms with Crippen molar-refractivity contribution in [3.63, 3.8) is 0 Å². The third kappa shape index (κ3) is 6.80. The van der Waals surface area contributed by atoms with Gasteiger partial charge in [-0.15, -0.1) is 11.3 Å². The van der Waals surface area contributed by atoms with Crippen molar-refractivity contribution >= 4 is 53.4 Å². The summed E-state index contributed by atoms with van der Waals surface area (Å²) in [5, 5.41) is 2.61. The summed E-state index contributed by atoms with van der Waals surface area (Å²) in [6, 6.07) is 14.6. The second kappa shape index (κ2) is 13.1. The molecule has 0 amide bonds. The predicted molar refractivity (Wildman–Crippen MR) is 117 cm³/mol. The molecule has 0 N–H and O–H groups in total. The molecule has 2 aliphatic rings. The SMILES string of the molecule is C1CCCC1.C1CCCC1.[Cl][Ti+3].[S-]c1cccc2c1sc1ccccc12. The molecule has 1 heterocycles. The van der Waals surface area contributed by atoms with Gasteiger partial charge in [-0.25, -0.2) is 0 Å². The van der Waals surface area contributed by atoms with E-state index in [1.54, 1.807) is 11.3 Å². The van der Waals surface area contributed by atoms with Crippen molar-refractivity contribution < 1.29 is 19.4 Å². The van der Waals surface area contributed by atoms with Crippen LogP contribution in [0.5, 0.6) is 0 Å². The molecule has 0 radical (unpaired) electrons. The molecular weight excluding hydrogens is 412 g/mol. The Bertz CT molecular complexity index is 736. The maximum absolute atomic E-state index is 5.31. The van der Waals surface area contributed by atoms with Gasteiger partial charge in [-0.2, -0.15) is 4.90 Å². The van der Waals surface area contributed by atoms with Crippen molar-refractivity contribution in [2.45, 2.75) is 69.1 Å². The van der Waals surface area contributed by atoms with E-state index in [0.29, 0.717) is 0 Å². The van der Waals surface area contributed by atoms with Gasteiger partial charge in [0.25, 0.3) is 0 Å². The Morgan fingerprint density at radius 3 is 1.65 bits per heavy atom. The smallest absolute Gasteiger partial charge is 0.0354 e. The number of hydrogen-bond donors (Lipinski definition) is 0. The molecule has 5 rings (SSSR count). The van der Waals surface area contributed by atoms with Crippen LogP contribution in [0.4, 0.5) is 0 Å². The Labute approximate surface area is 183 Å². The van der Waals surface area contributed by atoms with Gasteiger partial charge in [0.05, 0.1) is 0 Å². The quantitative estimate of drug-likeness (QED) is 0.250. The van der Waals surface area contributed by atoms with Crippen molar-refractivity contribution in [1.29, 1.82) is 0 Å². The number of halogens is 1. The standard InChI is InChI=1S/C12H8S2.2C5H10.ClH.Ti/c13-10-6-3-5-9-8-4-1-2-7-11(8)14-12(9)10;2*1-2-4-5-3-1;;/h1-7,13H;2*1-5H2;1H;/q;;;;+4/p-2. The van der Waals surface area contributed by atoms with E-state index < -0.39 is 0 Å². The zero-order chi connectivity index (χ0) is 18.6. The van der Waals surface area contributed by atoms with Crippen LogP contribution >= 0.6 is 20.6 Å². The van der Waals surface area contributed by atoms with E-state index in [1.807, 2.05) is 12.1 Å². The molecule has 4 heteroatoms. The molecule has 0 unspecified atom stereocenters. The zero-order valence-electron chi connectivity index (χ0n) is 15.3. The first-order valence-corrected chi connectivity index (χ1v) is 13.0. The van der Waals surface area contributed by atoms with Gasteiger partial charge >= 0.3 is 28.7 Å². The van der Waals surface area contributed by atoms with Gasteiger partial charge in [0.15, 0.2) is 0 Å². The van der Waals surface area contributed by atoms with Gasteiger partial charge in [0.1, 0.15) is 0 Å². The number of rotatable bonds is 0. The molecule has 2 fully saturated rings. The molecule has 0 saturated heterocycles. The van der Waals surface area contributed by atoms with Gasteiger partial charge in [0.2, 0.25) is 0 Å². The van der Waals surface area contributed by atoms with Crippen LogP contribution in [0.2, 0.25) is 0 Å². The molecule has 0 aliphatic heterocycles. The van der Waals surface area contributed by atoms with Crippen LogP contribution in [0.1, 0.15) is 64.2 Å². The van der Waals surface area contributed by atoms with Gasteiger partial charge in [-0.3, -0.25) is 0 Å². The van der Waals surface area contributed by atoms with Gasteiger partial charge in [0, 0.05) is 14.8 Å². The van der Waals surface area contributed by atoms with Crippen LogP contribution in [0.3, 0.4) is 0 Å². The maximum Gasteiger partial charge on any atom is 0.0354 e. The summed E-state index contributed by atoms with van der Waals surface area (Å²) in [4.78, 5) is 0.962. The molecule has 0 atom stereocenters.